The van der Waals surface area contributed by atoms with E-state index in [1.54, 1.807) is 18.2 Å². The molecule has 0 spiro atoms. The molecule has 3 rings (SSSR count). The number of pyridine rings is 1. The zero-order valence-electron chi connectivity index (χ0n) is 16.3. The first-order chi connectivity index (χ1) is 13.3. The van der Waals surface area contributed by atoms with Gasteiger partial charge in [0.25, 0.3) is 5.91 Å². The monoisotopic (exact) mass is 387 g/mol. The van der Waals surface area contributed by atoms with E-state index in [2.05, 4.69) is 23.7 Å². The number of nitrogens with zero attached hydrogens (tertiary/aromatic N) is 2. The van der Waals surface area contributed by atoms with Crippen molar-refractivity contribution in [3.8, 4) is 16.9 Å². The fraction of sp³-hybridized carbons (Fsp3) is 0.429. The molecule has 28 heavy (non-hydrogen) atoms. The van der Waals surface area contributed by atoms with Crippen LogP contribution >= 0.6 is 0 Å². The predicted molar refractivity (Wildman–Crippen MR) is 105 cm³/mol. The molecular formula is C21H26FN3O3. The van der Waals surface area contributed by atoms with Gasteiger partial charge in [-0.25, -0.2) is 9.37 Å². The normalized spacial score (nSPS) is 16.7. The van der Waals surface area contributed by atoms with E-state index >= 15 is 0 Å². The molecule has 7 heteroatoms. The molecule has 1 aliphatic rings. The van der Waals surface area contributed by atoms with E-state index in [4.69, 9.17) is 15.2 Å². The van der Waals surface area contributed by atoms with E-state index in [0.717, 1.165) is 38.2 Å². The average molecular weight is 387 g/mol. The number of ether oxygens (including phenoxy) is 2. The summed E-state index contributed by atoms with van der Waals surface area (Å²) in [6, 6.07) is 7.58. The van der Waals surface area contributed by atoms with Crippen LogP contribution in [0.5, 0.6) is 5.75 Å². The van der Waals surface area contributed by atoms with Gasteiger partial charge in [-0.1, -0.05) is 12.1 Å². The maximum Gasteiger partial charge on any atom is 0.267 e. The lowest BCUT2D eigenvalue weighted by atomic mass is 10.0. The van der Waals surface area contributed by atoms with Crippen LogP contribution in [0.15, 0.2) is 36.5 Å². The second kappa shape index (κ2) is 8.67. The summed E-state index contributed by atoms with van der Waals surface area (Å²) in [5, 5.41) is 0. The maximum absolute atomic E-state index is 13.3. The van der Waals surface area contributed by atoms with Gasteiger partial charge in [-0.15, -0.1) is 0 Å². The lowest BCUT2D eigenvalue weighted by Crippen LogP contribution is -2.48. The van der Waals surface area contributed by atoms with Gasteiger partial charge in [0.05, 0.1) is 25.0 Å². The third-order valence-electron chi connectivity index (χ3n) is 4.66. The van der Waals surface area contributed by atoms with Crippen molar-refractivity contribution >= 4 is 5.91 Å². The minimum atomic E-state index is -0.621. The zero-order chi connectivity index (χ0) is 20.1. The van der Waals surface area contributed by atoms with Crippen molar-refractivity contribution < 1.29 is 18.7 Å². The lowest BCUT2D eigenvalue weighted by Gasteiger charge is -2.38. The highest BCUT2D eigenvalue weighted by Crippen LogP contribution is 2.30. The quantitative estimate of drug-likeness (QED) is 0.739. The van der Waals surface area contributed by atoms with Gasteiger partial charge in [-0.3, -0.25) is 9.69 Å². The van der Waals surface area contributed by atoms with E-state index in [-0.39, 0.29) is 17.1 Å². The van der Waals surface area contributed by atoms with E-state index < -0.39 is 5.91 Å². The summed E-state index contributed by atoms with van der Waals surface area (Å²) in [6.07, 6.45) is 2.34. The van der Waals surface area contributed by atoms with Crippen molar-refractivity contribution in [2.24, 2.45) is 5.73 Å². The molecule has 2 heterocycles. The van der Waals surface area contributed by atoms with Gasteiger partial charge in [0.2, 0.25) is 0 Å². The van der Waals surface area contributed by atoms with Crippen molar-refractivity contribution in [2.45, 2.75) is 25.9 Å². The number of primary amides is 1. The molecule has 0 saturated carbocycles. The molecule has 6 nitrogen and oxygen atoms in total. The van der Waals surface area contributed by atoms with Crippen LogP contribution < -0.4 is 10.5 Å². The fourth-order valence-corrected chi connectivity index (χ4v) is 3.32. The average Bonchev–Trinajstić information content (AvgIpc) is 2.65. The summed E-state index contributed by atoms with van der Waals surface area (Å²) in [6.45, 7) is 8.14. The van der Waals surface area contributed by atoms with E-state index in [0.29, 0.717) is 17.9 Å². The van der Waals surface area contributed by atoms with Gasteiger partial charge in [0, 0.05) is 25.2 Å². The molecule has 0 radical (unpaired) electrons. The second-order valence-corrected chi connectivity index (χ2v) is 7.52. The molecule has 2 N–H and O–H groups in total. The van der Waals surface area contributed by atoms with Crippen LogP contribution in [-0.2, 0) is 4.74 Å². The standard InChI is InChI=1S/C21H26FN3O3/c1-21(2)14-25(9-11-28-21)8-3-10-27-19-13-24-18(20(23)26)12-17(19)15-4-6-16(22)7-5-15/h4-7,12-13H,3,8-11,14H2,1-2H3,(H2,23,26). The molecule has 1 amide bonds. The second-order valence-electron chi connectivity index (χ2n) is 7.52. The lowest BCUT2D eigenvalue weighted by molar-refractivity contribution is -0.0864. The molecule has 1 aliphatic heterocycles. The van der Waals surface area contributed by atoms with Crippen LogP contribution in [0.25, 0.3) is 11.1 Å². The van der Waals surface area contributed by atoms with Crippen LogP contribution in [0.2, 0.25) is 0 Å². The number of benzene rings is 1. The van der Waals surface area contributed by atoms with Gasteiger partial charge in [0.15, 0.2) is 0 Å². The van der Waals surface area contributed by atoms with Crippen LogP contribution in [0, 0.1) is 5.82 Å². The number of hydrogen-bond acceptors (Lipinski definition) is 5. The molecule has 0 aliphatic carbocycles. The van der Waals surface area contributed by atoms with Crippen LogP contribution in [0.3, 0.4) is 0 Å². The Morgan fingerprint density at radius 2 is 2.11 bits per heavy atom. The Morgan fingerprint density at radius 3 is 2.79 bits per heavy atom. The molecule has 1 aromatic carbocycles. The highest BCUT2D eigenvalue weighted by Gasteiger charge is 2.26. The van der Waals surface area contributed by atoms with Gasteiger partial charge in [-0.05, 0) is 44.0 Å². The van der Waals surface area contributed by atoms with E-state index in [1.807, 2.05) is 0 Å². The predicted octanol–water partition coefficient (Wildman–Crippen LogP) is 2.87. The Bertz CT molecular complexity index is 824. The Balaban J connectivity index is 1.66. The number of amides is 1. The molecule has 1 aromatic heterocycles. The minimum Gasteiger partial charge on any atom is -0.491 e. The first-order valence-electron chi connectivity index (χ1n) is 9.39. The van der Waals surface area contributed by atoms with Crippen LogP contribution in [0.1, 0.15) is 30.8 Å². The number of carbonyl (C=O) groups excluding carboxylic acids is 1. The molecule has 150 valence electrons. The van der Waals surface area contributed by atoms with Crippen molar-refractivity contribution in [3.63, 3.8) is 0 Å². The van der Waals surface area contributed by atoms with Crippen LogP contribution in [-0.4, -0.2) is 54.2 Å². The fourth-order valence-electron chi connectivity index (χ4n) is 3.32. The first kappa shape index (κ1) is 20.2. The summed E-state index contributed by atoms with van der Waals surface area (Å²) in [5.41, 5.74) is 6.76. The smallest absolute Gasteiger partial charge is 0.267 e. The largest absolute Gasteiger partial charge is 0.491 e. The summed E-state index contributed by atoms with van der Waals surface area (Å²) < 4.78 is 24.9. The molecule has 2 aromatic rings. The zero-order valence-corrected chi connectivity index (χ0v) is 16.3. The van der Waals surface area contributed by atoms with Crippen molar-refractivity contribution in [1.82, 2.24) is 9.88 Å². The number of hydrogen-bond donors (Lipinski definition) is 1. The summed E-state index contributed by atoms with van der Waals surface area (Å²) in [4.78, 5) is 17.9. The van der Waals surface area contributed by atoms with E-state index in [1.165, 1.54) is 18.3 Å². The Labute approximate surface area is 164 Å². The van der Waals surface area contributed by atoms with Gasteiger partial charge in [-0.2, -0.15) is 0 Å². The van der Waals surface area contributed by atoms with Crippen molar-refractivity contribution in [3.05, 3.63) is 48.0 Å². The van der Waals surface area contributed by atoms with Crippen molar-refractivity contribution in [2.75, 3.05) is 32.8 Å². The number of halogens is 1. The van der Waals surface area contributed by atoms with Gasteiger partial charge in [0.1, 0.15) is 17.3 Å². The molecule has 0 bridgehead atoms. The summed E-state index contributed by atoms with van der Waals surface area (Å²) >= 11 is 0. The minimum absolute atomic E-state index is 0.122. The Morgan fingerprint density at radius 1 is 1.36 bits per heavy atom. The SMILES string of the molecule is CC1(C)CN(CCCOc2cnc(C(N)=O)cc2-c2ccc(F)cc2)CCO1. The third kappa shape index (κ3) is 5.27. The highest BCUT2D eigenvalue weighted by atomic mass is 19.1. The number of morpholine rings is 1. The topological polar surface area (TPSA) is 77.7 Å². The number of carbonyl (C=O) groups is 1. The van der Waals surface area contributed by atoms with E-state index in [9.17, 15) is 9.18 Å². The first-order valence-corrected chi connectivity index (χ1v) is 9.39. The molecule has 0 unspecified atom stereocenters. The molecule has 0 atom stereocenters. The number of aromatic nitrogens is 1. The number of rotatable bonds is 7. The van der Waals surface area contributed by atoms with Crippen molar-refractivity contribution in [1.29, 1.82) is 0 Å². The van der Waals surface area contributed by atoms with Gasteiger partial charge < -0.3 is 15.2 Å². The summed E-state index contributed by atoms with van der Waals surface area (Å²) in [7, 11) is 0. The summed E-state index contributed by atoms with van der Waals surface area (Å²) in [5.74, 6) is -0.410. The number of nitrogens with two attached hydrogens (primary N) is 1. The molecular weight excluding hydrogens is 361 g/mol. The Hall–Kier alpha value is -2.51. The van der Waals surface area contributed by atoms with Gasteiger partial charge >= 0.3 is 0 Å². The van der Waals surface area contributed by atoms with Crippen LogP contribution in [0.4, 0.5) is 4.39 Å². The third-order valence-corrected chi connectivity index (χ3v) is 4.66. The maximum atomic E-state index is 13.3. The highest BCUT2D eigenvalue weighted by molar-refractivity contribution is 5.92. The molecule has 1 fully saturated rings. The Kier molecular flexibility index (Phi) is 6.26. The molecule has 1 saturated heterocycles.